The summed E-state index contributed by atoms with van der Waals surface area (Å²) in [5.74, 6) is 0.0558. The molecule has 4 heteroatoms. The number of carbonyl (C=O) groups is 1. The van der Waals surface area contributed by atoms with Crippen LogP contribution in [0, 0.1) is 12.8 Å². The van der Waals surface area contributed by atoms with Gasteiger partial charge >= 0.3 is 0 Å². The van der Waals surface area contributed by atoms with Gasteiger partial charge in [-0.2, -0.15) is 0 Å². The van der Waals surface area contributed by atoms with E-state index < -0.39 is 0 Å². The van der Waals surface area contributed by atoms with Crippen molar-refractivity contribution in [1.82, 2.24) is 4.98 Å². The quantitative estimate of drug-likeness (QED) is 0.912. The van der Waals surface area contributed by atoms with E-state index in [-0.39, 0.29) is 11.8 Å². The van der Waals surface area contributed by atoms with E-state index in [0.717, 1.165) is 22.6 Å². The second kappa shape index (κ2) is 5.97. The molecule has 1 aromatic carbocycles. The van der Waals surface area contributed by atoms with Crippen molar-refractivity contribution in [2.75, 3.05) is 5.32 Å². The molecule has 1 N–H and O–H groups in total. The molecule has 0 aliphatic heterocycles. The Balaban J connectivity index is 2.20. The Labute approximate surface area is 117 Å². The van der Waals surface area contributed by atoms with Gasteiger partial charge < -0.3 is 5.32 Å². The highest BCUT2D eigenvalue weighted by Crippen LogP contribution is 2.32. The lowest BCUT2D eigenvalue weighted by Gasteiger charge is -2.06. The first-order chi connectivity index (χ1) is 9.11. The van der Waals surface area contributed by atoms with Crippen molar-refractivity contribution in [2.45, 2.75) is 27.2 Å². The molecule has 1 heterocycles. The van der Waals surface area contributed by atoms with Crippen molar-refractivity contribution < 1.29 is 4.79 Å². The van der Waals surface area contributed by atoms with Gasteiger partial charge in [0.05, 0.1) is 10.6 Å². The smallest absolute Gasteiger partial charge is 0.228 e. The van der Waals surface area contributed by atoms with Gasteiger partial charge in [-0.1, -0.05) is 55.5 Å². The van der Waals surface area contributed by atoms with E-state index in [4.69, 9.17) is 0 Å². The highest BCUT2D eigenvalue weighted by Gasteiger charge is 2.15. The van der Waals surface area contributed by atoms with Crippen molar-refractivity contribution in [2.24, 2.45) is 5.92 Å². The number of rotatable bonds is 4. The Morgan fingerprint density at radius 3 is 2.68 bits per heavy atom. The number of benzene rings is 1. The molecule has 1 amide bonds. The minimum absolute atomic E-state index is 0.0179. The number of aryl methyl sites for hydroxylation is 1. The van der Waals surface area contributed by atoms with E-state index in [1.165, 1.54) is 11.3 Å². The first kappa shape index (κ1) is 13.7. The van der Waals surface area contributed by atoms with Crippen LogP contribution in [0.15, 0.2) is 30.3 Å². The number of carbonyl (C=O) groups excluding carboxylic acids is 1. The third-order valence-electron chi connectivity index (χ3n) is 3.12. The molecule has 0 radical (unpaired) electrons. The maximum Gasteiger partial charge on any atom is 0.228 e. The SMILES string of the molecule is CCC(C)C(=O)Nc1nc(C)c(-c2ccccc2)s1. The summed E-state index contributed by atoms with van der Waals surface area (Å²) in [4.78, 5) is 17.4. The average molecular weight is 274 g/mol. The van der Waals surface area contributed by atoms with E-state index in [1.54, 1.807) is 0 Å². The fraction of sp³-hybridized carbons (Fsp3) is 0.333. The second-order valence-corrected chi connectivity index (χ2v) is 5.60. The van der Waals surface area contributed by atoms with Crippen LogP contribution in [0.5, 0.6) is 0 Å². The zero-order valence-electron chi connectivity index (χ0n) is 11.4. The van der Waals surface area contributed by atoms with Crippen molar-refractivity contribution in [3.05, 3.63) is 36.0 Å². The zero-order valence-corrected chi connectivity index (χ0v) is 12.3. The molecule has 19 heavy (non-hydrogen) atoms. The summed E-state index contributed by atoms with van der Waals surface area (Å²) in [7, 11) is 0. The largest absolute Gasteiger partial charge is 0.302 e. The molecule has 1 unspecified atom stereocenters. The van der Waals surface area contributed by atoms with Crippen LogP contribution in [0.3, 0.4) is 0 Å². The van der Waals surface area contributed by atoms with Crippen molar-refractivity contribution in [1.29, 1.82) is 0 Å². The third-order valence-corrected chi connectivity index (χ3v) is 4.24. The number of nitrogens with one attached hydrogen (secondary N) is 1. The van der Waals surface area contributed by atoms with Crippen molar-refractivity contribution >= 4 is 22.4 Å². The predicted octanol–water partition coefficient (Wildman–Crippen LogP) is 4.10. The molecule has 0 bridgehead atoms. The van der Waals surface area contributed by atoms with Gasteiger partial charge in [0.25, 0.3) is 0 Å². The zero-order chi connectivity index (χ0) is 13.8. The molecular formula is C15H18N2OS. The Bertz CT molecular complexity index is 563. The first-order valence-electron chi connectivity index (χ1n) is 6.45. The maximum atomic E-state index is 11.9. The lowest BCUT2D eigenvalue weighted by atomic mass is 10.1. The summed E-state index contributed by atoms with van der Waals surface area (Å²) < 4.78 is 0. The second-order valence-electron chi connectivity index (χ2n) is 4.60. The predicted molar refractivity (Wildman–Crippen MR) is 80.4 cm³/mol. The van der Waals surface area contributed by atoms with Gasteiger partial charge in [0.2, 0.25) is 5.91 Å². The molecule has 100 valence electrons. The Hall–Kier alpha value is -1.68. The van der Waals surface area contributed by atoms with Crippen LogP contribution >= 0.6 is 11.3 Å². The Kier molecular flexibility index (Phi) is 4.32. The lowest BCUT2D eigenvalue weighted by Crippen LogP contribution is -2.19. The van der Waals surface area contributed by atoms with E-state index in [0.29, 0.717) is 5.13 Å². The number of anilines is 1. The van der Waals surface area contributed by atoms with E-state index in [1.807, 2.05) is 39.0 Å². The normalized spacial score (nSPS) is 12.2. The molecule has 0 fully saturated rings. The summed E-state index contributed by atoms with van der Waals surface area (Å²) in [6, 6.07) is 10.1. The van der Waals surface area contributed by atoms with Crippen LogP contribution in [-0.4, -0.2) is 10.9 Å². The fourth-order valence-electron chi connectivity index (χ4n) is 1.72. The van der Waals surface area contributed by atoms with Crippen molar-refractivity contribution in [3.8, 4) is 10.4 Å². The molecule has 1 atom stereocenters. The third kappa shape index (κ3) is 3.20. The standard InChI is InChI=1S/C15H18N2OS/c1-4-10(2)14(18)17-15-16-11(3)13(19-15)12-8-6-5-7-9-12/h5-10H,4H2,1-3H3,(H,16,17,18). The molecule has 0 aliphatic carbocycles. The average Bonchev–Trinajstić information content (AvgIpc) is 2.79. The highest BCUT2D eigenvalue weighted by molar-refractivity contribution is 7.19. The molecular weight excluding hydrogens is 256 g/mol. The van der Waals surface area contributed by atoms with Crippen LogP contribution in [0.2, 0.25) is 0 Å². The van der Waals surface area contributed by atoms with Crippen LogP contribution in [0.1, 0.15) is 26.0 Å². The fourth-order valence-corrected chi connectivity index (χ4v) is 2.70. The summed E-state index contributed by atoms with van der Waals surface area (Å²) in [6.45, 7) is 5.90. The number of thiazole rings is 1. The van der Waals surface area contributed by atoms with E-state index in [2.05, 4.69) is 22.4 Å². The molecule has 0 saturated heterocycles. The van der Waals surface area contributed by atoms with Crippen LogP contribution in [0.4, 0.5) is 5.13 Å². The van der Waals surface area contributed by atoms with Gasteiger partial charge in [0.1, 0.15) is 0 Å². The molecule has 0 aliphatic rings. The number of aromatic nitrogens is 1. The number of hydrogen-bond acceptors (Lipinski definition) is 3. The van der Waals surface area contributed by atoms with Crippen LogP contribution < -0.4 is 5.32 Å². The summed E-state index contributed by atoms with van der Waals surface area (Å²) in [5, 5.41) is 3.57. The molecule has 3 nitrogen and oxygen atoms in total. The number of nitrogens with zero attached hydrogens (tertiary/aromatic N) is 1. The number of amides is 1. The minimum Gasteiger partial charge on any atom is -0.302 e. The Morgan fingerprint density at radius 2 is 2.05 bits per heavy atom. The number of hydrogen-bond donors (Lipinski definition) is 1. The first-order valence-corrected chi connectivity index (χ1v) is 7.27. The Morgan fingerprint density at radius 1 is 1.37 bits per heavy atom. The van der Waals surface area contributed by atoms with Gasteiger partial charge in [0.15, 0.2) is 5.13 Å². The molecule has 2 aromatic rings. The molecule has 1 aromatic heterocycles. The minimum atomic E-state index is 0.0179. The monoisotopic (exact) mass is 274 g/mol. The lowest BCUT2D eigenvalue weighted by molar-refractivity contribution is -0.119. The summed E-state index contributed by atoms with van der Waals surface area (Å²) in [6.07, 6.45) is 0.835. The van der Waals surface area contributed by atoms with Gasteiger partial charge in [-0.15, -0.1) is 0 Å². The topological polar surface area (TPSA) is 42.0 Å². The van der Waals surface area contributed by atoms with E-state index in [9.17, 15) is 4.79 Å². The maximum absolute atomic E-state index is 11.9. The van der Waals surface area contributed by atoms with Gasteiger partial charge in [0, 0.05) is 5.92 Å². The van der Waals surface area contributed by atoms with Gasteiger partial charge in [-0.05, 0) is 18.9 Å². The van der Waals surface area contributed by atoms with E-state index >= 15 is 0 Å². The van der Waals surface area contributed by atoms with Crippen LogP contribution in [0.25, 0.3) is 10.4 Å². The van der Waals surface area contributed by atoms with Crippen molar-refractivity contribution in [3.63, 3.8) is 0 Å². The molecule has 0 spiro atoms. The highest BCUT2D eigenvalue weighted by atomic mass is 32.1. The summed E-state index contributed by atoms with van der Waals surface area (Å²) >= 11 is 1.53. The van der Waals surface area contributed by atoms with Gasteiger partial charge in [-0.25, -0.2) is 4.98 Å². The van der Waals surface area contributed by atoms with Gasteiger partial charge in [-0.3, -0.25) is 4.79 Å². The molecule has 0 saturated carbocycles. The summed E-state index contributed by atoms with van der Waals surface area (Å²) in [5.41, 5.74) is 2.09. The molecule has 2 rings (SSSR count). The van der Waals surface area contributed by atoms with Crippen LogP contribution in [-0.2, 0) is 4.79 Å².